The fourth-order valence-corrected chi connectivity index (χ4v) is 2.53. The first kappa shape index (κ1) is 13.0. The molecule has 1 heterocycles. The molecular formula is C13H28N2. The summed E-state index contributed by atoms with van der Waals surface area (Å²) in [5.41, 5.74) is 0. The largest absolute Gasteiger partial charge is 0.314 e. The molecule has 0 bridgehead atoms. The lowest BCUT2D eigenvalue weighted by Crippen LogP contribution is -2.51. The van der Waals surface area contributed by atoms with Crippen molar-refractivity contribution in [3.05, 3.63) is 0 Å². The molecule has 3 unspecified atom stereocenters. The Labute approximate surface area is 95.4 Å². The second-order valence-corrected chi connectivity index (χ2v) is 5.41. The van der Waals surface area contributed by atoms with E-state index in [1.165, 1.54) is 19.5 Å². The molecule has 0 radical (unpaired) electrons. The number of likely N-dealkylation sites (tertiary alicyclic amines) is 1. The topological polar surface area (TPSA) is 15.3 Å². The van der Waals surface area contributed by atoms with Crippen LogP contribution in [-0.4, -0.2) is 36.6 Å². The maximum Gasteiger partial charge on any atom is 0.0117 e. The SMILES string of the molecule is CCNC1CCN(C(C)C(C)C)CC1C. The summed E-state index contributed by atoms with van der Waals surface area (Å²) in [5, 5.41) is 3.60. The van der Waals surface area contributed by atoms with Crippen LogP contribution in [0.1, 0.15) is 41.0 Å². The summed E-state index contributed by atoms with van der Waals surface area (Å²) >= 11 is 0. The first-order valence-electron chi connectivity index (χ1n) is 6.53. The van der Waals surface area contributed by atoms with Crippen LogP contribution in [0.4, 0.5) is 0 Å². The van der Waals surface area contributed by atoms with Gasteiger partial charge in [0.2, 0.25) is 0 Å². The van der Waals surface area contributed by atoms with E-state index in [0.717, 1.165) is 30.5 Å². The lowest BCUT2D eigenvalue weighted by atomic mass is 9.91. The zero-order valence-electron chi connectivity index (χ0n) is 11.1. The molecule has 2 nitrogen and oxygen atoms in total. The molecule has 15 heavy (non-hydrogen) atoms. The molecule has 1 fully saturated rings. The van der Waals surface area contributed by atoms with Gasteiger partial charge in [-0.2, -0.15) is 0 Å². The molecule has 90 valence electrons. The Bertz CT molecular complexity index is 179. The zero-order valence-corrected chi connectivity index (χ0v) is 11.1. The van der Waals surface area contributed by atoms with Crippen molar-refractivity contribution in [1.29, 1.82) is 0 Å². The molecule has 3 atom stereocenters. The van der Waals surface area contributed by atoms with Gasteiger partial charge in [0.05, 0.1) is 0 Å². The number of hydrogen-bond donors (Lipinski definition) is 1. The predicted octanol–water partition coefficient (Wildman–Crippen LogP) is 2.35. The van der Waals surface area contributed by atoms with Gasteiger partial charge in [0.1, 0.15) is 0 Å². The third-order valence-electron chi connectivity index (χ3n) is 3.94. The zero-order chi connectivity index (χ0) is 11.4. The van der Waals surface area contributed by atoms with Gasteiger partial charge in [-0.3, -0.25) is 0 Å². The number of piperidine rings is 1. The van der Waals surface area contributed by atoms with Gasteiger partial charge in [-0.25, -0.2) is 0 Å². The van der Waals surface area contributed by atoms with Crippen molar-refractivity contribution in [2.45, 2.75) is 53.1 Å². The Balaban J connectivity index is 2.43. The first-order valence-corrected chi connectivity index (χ1v) is 6.53. The van der Waals surface area contributed by atoms with E-state index in [4.69, 9.17) is 0 Å². The Morgan fingerprint density at radius 2 is 2.00 bits per heavy atom. The van der Waals surface area contributed by atoms with Crippen LogP contribution >= 0.6 is 0 Å². The molecule has 0 aromatic carbocycles. The molecule has 2 heteroatoms. The second-order valence-electron chi connectivity index (χ2n) is 5.41. The molecule has 1 N–H and O–H groups in total. The van der Waals surface area contributed by atoms with Crippen LogP contribution in [0.25, 0.3) is 0 Å². The van der Waals surface area contributed by atoms with Crippen molar-refractivity contribution in [2.24, 2.45) is 11.8 Å². The minimum Gasteiger partial charge on any atom is -0.314 e. The molecule has 0 spiro atoms. The van der Waals surface area contributed by atoms with Crippen LogP contribution in [-0.2, 0) is 0 Å². The van der Waals surface area contributed by atoms with E-state index >= 15 is 0 Å². The maximum atomic E-state index is 3.60. The number of hydrogen-bond acceptors (Lipinski definition) is 2. The molecule has 1 rings (SSSR count). The number of rotatable bonds is 4. The van der Waals surface area contributed by atoms with Gasteiger partial charge < -0.3 is 10.2 Å². The van der Waals surface area contributed by atoms with Gasteiger partial charge in [-0.1, -0.05) is 27.7 Å². The first-order chi connectivity index (χ1) is 7.06. The lowest BCUT2D eigenvalue weighted by Gasteiger charge is -2.41. The molecule has 0 aliphatic carbocycles. The minimum absolute atomic E-state index is 0.732. The Morgan fingerprint density at radius 3 is 2.47 bits per heavy atom. The van der Waals surface area contributed by atoms with Gasteiger partial charge in [0.15, 0.2) is 0 Å². The number of nitrogens with one attached hydrogen (secondary N) is 1. The summed E-state index contributed by atoms with van der Waals surface area (Å²) in [4.78, 5) is 2.66. The smallest absolute Gasteiger partial charge is 0.0117 e. The van der Waals surface area contributed by atoms with Gasteiger partial charge >= 0.3 is 0 Å². The standard InChI is InChI=1S/C13H28N2/c1-6-14-13-7-8-15(9-11(13)4)12(5)10(2)3/h10-14H,6-9H2,1-5H3. The minimum atomic E-state index is 0.732. The van der Waals surface area contributed by atoms with Crippen molar-refractivity contribution in [1.82, 2.24) is 10.2 Å². The van der Waals surface area contributed by atoms with Crippen molar-refractivity contribution in [3.8, 4) is 0 Å². The van der Waals surface area contributed by atoms with Gasteiger partial charge in [0, 0.05) is 18.6 Å². The molecule has 1 aliphatic rings. The van der Waals surface area contributed by atoms with Crippen LogP contribution in [0, 0.1) is 11.8 Å². The van der Waals surface area contributed by atoms with E-state index in [2.05, 4.69) is 44.8 Å². The highest BCUT2D eigenvalue weighted by Crippen LogP contribution is 2.21. The van der Waals surface area contributed by atoms with E-state index in [1.807, 2.05) is 0 Å². The second kappa shape index (κ2) is 5.86. The number of nitrogens with zero attached hydrogens (tertiary/aromatic N) is 1. The average molecular weight is 212 g/mol. The third kappa shape index (κ3) is 3.46. The molecule has 0 aromatic rings. The summed E-state index contributed by atoms with van der Waals surface area (Å²) in [5.74, 6) is 1.56. The van der Waals surface area contributed by atoms with Crippen LogP contribution in [0.15, 0.2) is 0 Å². The predicted molar refractivity (Wildman–Crippen MR) is 67.1 cm³/mol. The lowest BCUT2D eigenvalue weighted by molar-refractivity contribution is 0.0903. The average Bonchev–Trinajstić information content (AvgIpc) is 2.20. The molecule has 1 aliphatic heterocycles. The van der Waals surface area contributed by atoms with Crippen LogP contribution in [0.5, 0.6) is 0 Å². The fraction of sp³-hybridized carbons (Fsp3) is 1.00. The van der Waals surface area contributed by atoms with E-state index < -0.39 is 0 Å². The van der Waals surface area contributed by atoms with Gasteiger partial charge in [-0.15, -0.1) is 0 Å². The van der Waals surface area contributed by atoms with E-state index in [0.29, 0.717) is 0 Å². The fourth-order valence-electron chi connectivity index (χ4n) is 2.53. The van der Waals surface area contributed by atoms with E-state index in [-0.39, 0.29) is 0 Å². The highest BCUT2D eigenvalue weighted by Gasteiger charge is 2.28. The molecule has 0 saturated carbocycles. The van der Waals surface area contributed by atoms with Crippen LogP contribution in [0.3, 0.4) is 0 Å². The molecular weight excluding hydrogens is 184 g/mol. The monoisotopic (exact) mass is 212 g/mol. The Morgan fingerprint density at radius 1 is 1.33 bits per heavy atom. The highest BCUT2D eigenvalue weighted by molar-refractivity contribution is 4.85. The van der Waals surface area contributed by atoms with E-state index in [1.54, 1.807) is 0 Å². The quantitative estimate of drug-likeness (QED) is 0.769. The van der Waals surface area contributed by atoms with Crippen molar-refractivity contribution in [3.63, 3.8) is 0 Å². The van der Waals surface area contributed by atoms with Crippen molar-refractivity contribution in [2.75, 3.05) is 19.6 Å². The van der Waals surface area contributed by atoms with E-state index in [9.17, 15) is 0 Å². The third-order valence-corrected chi connectivity index (χ3v) is 3.94. The molecule has 0 aromatic heterocycles. The summed E-state index contributed by atoms with van der Waals surface area (Å²) < 4.78 is 0. The van der Waals surface area contributed by atoms with Crippen molar-refractivity contribution >= 4 is 0 Å². The van der Waals surface area contributed by atoms with Crippen molar-refractivity contribution < 1.29 is 0 Å². The maximum absolute atomic E-state index is 3.60. The van der Waals surface area contributed by atoms with Crippen LogP contribution in [0.2, 0.25) is 0 Å². The van der Waals surface area contributed by atoms with Crippen LogP contribution < -0.4 is 5.32 Å². The normalized spacial score (nSPS) is 30.8. The summed E-state index contributed by atoms with van der Waals surface area (Å²) in [6, 6.07) is 1.47. The summed E-state index contributed by atoms with van der Waals surface area (Å²) in [7, 11) is 0. The highest BCUT2D eigenvalue weighted by atomic mass is 15.2. The Kier molecular flexibility index (Phi) is 5.07. The summed E-state index contributed by atoms with van der Waals surface area (Å²) in [6.07, 6.45) is 1.31. The summed E-state index contributed by atoms with van der Waals surface area (Å²) in [6.45, 7) is 15.2. The van der Waals surface area contributed by atoms with Gasteiger partial charge in [-0.05, 0) is 38.3 Å². The molecule has 0 amide bonds. The molecule has 1 saturated heterocycles. The van der Waals surface area contributed by atoms with Gasteiger partial charge in [0.25, 0.3) is 0 Å². The Hall–Kier alpha value is -0.0800.